The maximum atomic E-state index is 10.4. The zero-order valence-electron chi connectivity index (χ0n) is 5.65. The number of nitrogens with two attached hydrogens (primary N) is 1. The Hall–Kier alpha value is -0.850. The summed E-state index contributed by atoms with van der Waals surface area (Å²) in [5.74, 6) is 0. The number of furan rings is 1. The van der Waals surface area contributed by atoms with Crippen LogP contribution in [-0.4, -0.2) is 8.42 Å². The van der Waals surface area contributed by atoms with E-state index in [1.165, 1.54) is 12.5 Å². The highest BCUT2D eigenvalue weighted by molar-refractivity contribution is 7.87. The van der Waals surface area contributed by atoms with Gasteiger partial charge in [-0.05, 0) is 6.07 Å². The maximum Gasteiger partial charge on any atom is 0.274 e. The quantitative estimate of drug-likeness (QED) is 0.655. The largest absolute Gasteiger partial charge is 0.472 e. The van der Waals surface area contributed by atoms with Crippen LogP contribution in [-0.2, 0) is 16.8 Å². The minimum atomic E-state index is -3.59. The van der Waals surface area contributed by atoms with Crippen LogP contribution in [0.15, 0.2) is 23.0 Å². The molecular formula is C5H8N2O3S. The summed E-state index contributed by atoms with van der Waals surface area (Å²) in [6.45, 7) is 0.162. The van der Waals surface area contributed by atoms with Gasteiger partial charge in [-0.1, -0.05) is 0 Å². The molecule has 0 aromatic carbocycles. The molecule has 0 fully saturated rings. The molecule has 0 saturated carbocycles. The maximum absolute atomic E-state index is 10.4. The van der Waals surface area contributed by atoms with Gasteiger partial charge in [-0.25, -0.2) is 5.14 Å². The predicted molar refractivity (Wildman–Crippen MR) is 38.7 cm³/mol. The van der Waals surface area contributed by atoms with Crippen molar-refractivity contribution in [3.8, 4) is 0 Å². The van der Waals surface area contributed by atoms with Gasteiger partial charge in [0.2, 0.25) is 0 Å². The summed E-state index contributed by atoms with van der Waals surface area (Å²) in [7, 11) is -3.59. The average Bonchev–Trinajstić information content (AvgIpc) is 2.32. The fourth-order valence-electron chi connectivity index (χ4n) is 0.577. The van der Waals surface area contributed by atoms with Gasteiger partial charge in [-0.3, -0.25) is 0 Å². The molecule has 0 bridgehead atoms. The van der Waals surface area contributed by atoms with Crippen molar-refractivity contribution in [1.82, 2.24) is 4.72 Å². The highest BCUT2D eigenvalue weighted by atomic mass is 32.2. The number of nitrogens with one attached hydrogen (secondary N) is 1. The lowest BCUT2D eigenvalue weighted by Crippen LogP contribution is -2.29. The lowest BCUT2D eigenvalue weighted by Gasteiger charge is -1.96. The highest BCUT2D eigenvalue weighted by Gasteiger charge is 2.00. The van der Waals surface area contributed by atoms with Crippen LogP contribution in [0.1, 0.15) is 5.56 Å². The first-order valence-electron chi connectivity index (χ1n) is 2.86. The molecule has 0 saturated heterocycles. The number of rotatable bonds is 3. The summed E-state index contributed by atoms with van der Waals surface area (Å²) in [6.07, 6.45) is 2.90. The second-order valence-corrected chi connectivity index (χ2v) is 3.38. The van der Waals surface area contributed by atoms with Gasteiger partial charge in [-0.15, -0.1) is 0 Å². The Labute approximate surface area is 64.4 Å². The molecule has 6 heteroatoms. The Kier molecular flexibility index (Phi) is 2.28. The average molecular weight is 176 g/mol. The molecule has 62 valence electrons. The zero-order valence-corrected chi connectivity index (χ0v) is 6.47. The van der Waals surface area contributed by atoms with E-state index in [0.717, 1.165) is 5.56 Å². The monoisotopic (exact) mass is 176 g/mol. The van der Waals surface area contributed by atoms with Crippen LogP contribution in [0.5, 0.6) is 0 Å². The van der Waals surface area contributed by atoms with Gasteiger partial charge in [0.25, 0.3) is 10.2 Å². The second-order valence-electron chi connectivity index (χ2n) is 2.00. The smallest absolute Gasteiger partial charge is 0.274 e. The van der Waals surface area contributed by atoms with Crippen molar-refractivity contribution < 1.29 is 12.8 Å². The summed E-state index contributed by atoms with van der Waals surface area (Å²) in [6, 6.07) is 1.65. The third-order valence-corrected chi connectivity index (χ3v) is 1.60. The SMILES string of the molecule is NS(=O)(=O)NCc1ccoc1. The summed E-state index contributed by atoms with van der Waals surface area (Å²) in [4.78, 5) is 0. The number of hydrogen-bond acceptors (Lipinski definition) is 3. The highest BCUT2D eigenvalue weighted by Crippen LogP contribution is 1.98. The van der Waals surface area contributed by atoms with Gasteiger partial charge in [0.05, 0.1) is 12.5 Å². The normalized spacial score (nSPS) is 11.7. The zero-order chi connectivity index (χ0) is 8.32. The van der Waals surface area contributed by atoms with Crippen molar-refractivity contribution in [3.63, 3.8) is 0 Å². The summed E-state index contributed by atoms with van der Waals surface area (Å²) in [5, 5.41) is 4.68. The molecular weight excluding hydrogens is 168 g/mol. The molecule has 0 aliphatic carbocycles. The minimum absolute atomic E-state index is 0.162. The molecule has 0 unspecified atom stereocenters. The van der Waals surface area contributed by atoms with Gasteiger partial charge in [0.1, 0.15) is 0 Å². The van der Waals surface area contributed by atoms with E-state index in [9.17, 15) is 8.42 Å². The first-order valence-corrected chi connectivity index (χ1v) is 4.41. The number of hydrogen-bond donors (Lipinski definition) is 2. The van der Waals surface area contributed by atoms with Crippen LogP contribution in [0.25, 0.3) is 0 Å². The fraction of sp³-hybridized carbons (Fsp3) is 0.200. The molecule has 0 amide bonds. The Morgan fingerprint density at radius 2 is 2.36 bits per heavy atom. The topological polar surface area (TPSA) is 85.3 Å². The van der Waals surface area contributed by atoms with E-state index in [2.05, 4.69) is 9.86 Å². The Morgan fingerprint density at radius 1 is 1.64 bits per heavy atom. The lowest BCUT2D eigenvalue weighted by molar-refractivity contribution is 0.561. The van der Waals surface area contributed by atoms with Crippen molar-refractivity contribution in [2.75, 3.05) is 0 Å². The van der Waals surface area contributed by atoms with Crippen LogP contribution in [0.3, 0.4) is 0 Å². The third kappa shape index (κ3) is 3.17. The first kappa shape index (κ1) is 8.25. The lowest BCUT2D eigenvalue weighted by atomic mass is 10.4. The third-order valence-electron chi connectivity index (χ3n) is 1.06. The molecule has 11 heavy (non-hydrogen) atoms. The van der Waals surface area contributed by atoms with E-state index in [0.29, 0.717) is 0 Å². The summed E-state index contributed by atoms with van der Waals surface area (Å²) >= 11 is 0. The van der Waals surface area contributed by atoms with E-state index in [1.54, 1.807) is 6.07 Å². The minimum Gasteiger partial charge on any atom is -0.472 e. The van der Waals surface area contributed by atoms with Crippen LogP contribution >= 0.6 is 0 Å². The fourth-order valence-corrected chi connectivity index (χ4v) is 0.945. The van der Waals surface area contributed by atoms with Crippen molar-refractivity contribution in [3.05, 3.63) is 24.2 Å². The van der Waals surface area contributed by atoms with Crippen LogP contribution < -0.4 is 9.86 Å². The van der Waals surface area contributed by atoms with E-state index < -0.39 is 10.2 Å². The van der Waals surface area contributed by atoms with E-state index >= 15 is 0 Å². The Bertz CT molecular complexity index is 302. The van der Waals surface area contributed by atoms with Gasteiger partial charge in [0.15, 0.2) is 0 Å². The molecule has 0 radical (unpaired) electrons. The van der Waals surface area contributed by atoms with Gasteiger partial charge < -0.3 is 4.42 Å². The molecule has 1 rings (SSSR count). The molecule has 0 spiro atoms. The molecule has 0 atom stereocenters. The van der Waals surface area contributed by atoms with Crippen molar-refractivity contribution in [2.45, 2.75) is 6.54 Å². The van der Waals surface area contributed by atoms with Crippen LogP contribution in [0.2, 0.25) is 0 Å². The predicted octanol–water partition coefficient (Wildman–Crippen LogP) is -0.427. The van der Waals surface area contributed by atoms with Gasteiger partial charge in [0, 0.05) is 12.1 Å². The van der Waals surface area contributed by atoms with Gasteiger partial charge >= 0.3 is 0 Å². The second kappa shape index (κ2) is 3.04. The summed E-state index contributed by atoms with van der Waals surface area (Å²) in [5.41, 5.74) is 0.735. The Morgan fingerprint density at radius 3 is 2.82 bits per heavy atom. The molecule has 0 aliphatic heterocycles. The first-order chi connectivity index (χ1) is 5.08. The van der Waals surface area contributed by atoms with Crippen molar-refractivity contribution in [2.24, 2.45) is 5.14 Å². The molecule has 5 nitrogen and oxygen atoms in total. The molecule has 1 heterocycles. The molecule has 3 N–H and O–H groups in total. The summed E-state index contributed by atoms with van der Waals surface area (Å²) < 4.78 is 27.5. The van der Waals surface area contributed by atoms with E-state index in [4.69, 9.17) is 4.42 Å². The molecule has 1 aromatic heterocycles. The van der Waals surface area contributed by atoms with Gasteiger partial charge in [-0.2, -0.15) is 13.1 Å². The van der Waals surface area contributed by atoms with Crippen LogP contribution in [0.4, 0.5) is 0 Å². The van der Waals surface area contributed by atoms with Crippen molar-refractivity contribution >= 4 is 10.2 Å². The van der Waals surface area contributed by atoms with E-state index in [-0.39, 0.29) is 6.54 Å². The van der Waals surface area contributed by atoms with Crippen LogP contribution in [0, 0.1) is 0 Å². The molecule has 1 aromatic rings. The van der Waals surface area contributed by atoms with E-state index in [1.807, 2.05) is 0 Å². The Balaban J connectivity index is 2.48. The standard InChI is InChI=1S/C5H8N2O3S/c6-11(8,9)7-3-5-1-2-10-4-5/h1-2,4,7H,3H2,(H2,6,8,9). The molecule has 0 aliphatic rings. The van der Waals surface area contributed by atoms with Crippen molar-refractivity contribution in [1.29, 1.82) is 0 Å².